The average molecular weight is 257 g/mol. The van der Waals surface area contributed by atoms with Crippen LogP contribution in [0.4, 0.5) is 0 Å². The van der Waals surface area contributed by atoms with Crippen LogP contribution in [-0.4, -0.2) is 22.4 Å². The fourth-order valence-electron chi connectivity index (χ4n) is 1.29. The Morgan fingerprint density at radius 1 is 1.56 bits per heavy atom. The Morgan fingerprint density at radius 2 is 2.25 bits per heavy atom. The third kappa shape index (κ3) is 3.86. The summed E-state index contributed by atoms with van der Waals surface area (Å²) in [6.07, 6.45) is 1.44. The van der Waals surface area contributed by atoms with Gasteiger partial charge in [0.05, 0.1) is 15.7 Å². The smallest absolute Gasteiger partial charge is 0.263 e. The molecule has 0 aromatic carbocycles. The van der Waals surface area contributed by atoms with Gasteiger partial charge in [-0.05, 0) is 26.7 Å². The van der Waals surface area contributed by atoms with Crippen molar-refractivity contribution in [1.82, 2.24) is 10.3 Å². The van der Waals surface area contributed by atoms with E-state index in [-0.39, 0.29) is 5.91 Å². The summed E-state index contributed by atoms with van der Waals surface area (Å²) in [5.41, 5.74) is 6.15. The number of amides is 1. The van der Waals surface area contributed by atoms with Crippen molar-refractivity contribution in [3.63, 3.8) is 0 Å². The number of hydrogen-bond donors (Lipinski definition) is 2. The van der Waals surface area contributed by atoms with Gasteiger partial charge in [-0.1, -0.05) is 12.2 Å². The van der Waals surface area contributed by atoms with Crippen molar-refractivity contribution in [2.75, 3.05) is 6.54 Å². The minimum atomic E-state index is -0.0639. The van der Waals surface area contributed by atoms with E-state index >= 15 is 0 Å². The lowest BCUT2D eigenvalue weighted by atomic mass is 10.3. The predicted molar refractivity (Wildman–Crippen MR) is 69.9 cm³/mol. The number of carbonyl (C=O) groups is 1. The fraction of sp³-hybridized carbons (Fsp3) is 0.500. The average Bonchev–Trinajstić information content (AvgIpc) is 2.52. The molecule has 0 aliphatic heterocycles. The van der Waals surface area contributed by atoms with Gasteiger partial charge in [-0.2, -0.15) is 0 Å². The molecular weight excluding hydrogens is 242 g/mol. The Labute approximate surface area is 104 Å². The van der Waals surface area contributed by atoms with E-state index in [0.717, 1.165) is 17.1 Å². The van der Waals surface area contributed by atoms with E-state index in [1.54, 1.807) is 0 Å². The lowest BCUT2D eigenvalue weighted by Crippen LogP contribution is -2.25. The standard InChI is InChI=1S/C10H15N3OS2/c1-6-9(16-7(2)13-6)10(14)12-5-3-4-8(11)15/h3-5H2,1-2H3,(H2,11,15)(H,12,14). The third-order valence-electron chi connectivity index (χ3n) is 2.00. The molecule has 6 heteroatoms. The molecule has 1 aromatic heterocycles. The molecule has 0 fully saturated rings. The molecule has 16 heavy (non-hydrogen) atoms. The Hall–Kier alpha value is -1.01. The van der Waals surface area contributed by atoms with Crippen molar-refractivity contribution in [3.05, 3.63) is 15.6 Å². The Morgan fingerprint density at radius 3 is 2.75 bits per heavy atom. The number of aromatic nitrogens is 1. The van der Waals surface area contributed by atoms with E-state index in [1.807, 2.05) is 13.8 Å². The fourth-order valence-corrected chi connectivity index (χ4v) is 2.27. The second kappa shape index (κ2) is 5.91. The van der Waals surface area contributed by atoms with Crippen molar-refractivity contribution in [2.24, 2.45) is 5.73 Å². The number of nitrogens with one attached hydrogen (secondary N) is 1. The molecule has 0 aliphatic rings. The van der Waals surface area contributed by atoms with E-state index in [9.17, 15) is 4.79 Å². The zero-order valence-electron chi connectivity index (χ0n) is 9.37. The quantitative estimate of drug-likeness (QED) is 0.620. The molecule has 1 heterocycles. The molecule has 0 atom stereocenters. The van der Waals surface area contributed by atoms with Gasteiger partial charge in [0.1, 0.15) is 4.88 Å². The van der Waals surface area contributed by atoms with Gasteiger partial charge in [-0.15, -0.1) is 11.3 Å². The SMILES string of the molecule is Cc1nc(C)c(C(=O)NCCCC(N)=S)s1. The van der Waals surface area contributed by atoms with Gasteiger partial charge in [0.2, 0.25) is 0 Å². The van der Waals surface area contributed by atoms with Crippen LogP contribution in [0.25, 0.3) is 0 Å². The van der Waals surface area contributed by atoms with E-state index in [2.05, 4.69) is 10.3 Å². The molecule has 4 nitrogen and oxygen atoms in total. The van der Waals surface area contributed by atoms with Gasteiger partial charge in [0, 0.05) is 6.54 Å². The highest BCUT2D eigenvalue weighted by molar-refractivity contribution is 7.80. The Balaban J connectivity index is 2.41. The van der Waals surface area contributed by atoms with Crippen LogP contribution in [0.3, 0.4) is 0 Å². The molecule has 1 amide bonds. The molecule has 3 N–H and O–H groups in total. The lowest BCUT2D eigenvalue weighted by molar-refractivity contribution is 0.0956. The molecule has 0 radical (unpaired) electrons. The van der Waals surface area contributed by atoms with Crippen LogP contribution in [0.2, 0.25) is 0 Å². The summed E-state index contributed by atoms with van der Waals surface area (Å²) < 4.78 is 0. The van der Waals surface area contributed by atoms with E-state index in [1.165, 1.54) is 11.3 Å². The molecule has 88 valence electrons. The monoisotopic (exact) mass is 257 g/mol. The summed E-state index contributed by atoms with van der Waals surface area (Å²) >= 11 is 6.16. The van der Waals surface area contributed by atoms with Gasteiger partial charge in [-0.25, -0.2) is 4.98 Å². The number of thiocarbonyl (C=S) groups is 1. The maximum Gasteiger partial charge on any atom is 0.263 e. The van der Waals surface area contributed by atoms with Gasteiger partial charge in [-0.3, -0.25) is 4.79 Å². The van der Waals surface area contributed by atoms with Crippen LogP contribution in [0.15, 0.2) is 0 Å². The molecule has 0 aliphatic carbocycles. The Kier molecular flexibility index (Phi) is 4.82. The van der Waals surface area contributed by atoms with Crippen molar-refractivity contribution in [3.8, 4) is 0 Å². The zero-order valence-corrected chi connectivity index (χ0v) is 11.0. The van der Waals surface area contributed by atoms with Crippen LogP contribution in [0.1, 0.15) is 33.2 Å². The lowest BCUT2D eigenvalue weighted by Gasteiger charge is -2.03. The van der Waals surface area contributed by atoms with Gasteiger partial charge in [0.15, 0.2) is 0 Å². The summed E-state index contributed by atoms with van der Waals surface area (Å²) in [5.74, 6) is -0.0639. The van der Waals surface area contributed by atoms with Crippen LogP contribution in [-0.2, 0) is 0 Å². The van der Waals surface area contributed by atoms with Crippen LogP contribution < -0.4 is 11.1 Å². The van der Waals surface area contributed by atoms with Crippen LogP contribution >= 0.6 is 23.6 Å². The topological polar surface area (TPSA) is 68.0 Å². The van der Waals surface area contributed by atoms with Gasteiger partial charge in [0.25, 0.3) is 5.91 Å². The van der Waals surface area contributed by atoms with Gasteiger partial charge < -0.3 is 11.1 Å². The number of carbonyl (C=O) groups excluding carboxylic acids is 1. The molecule has 0 bridgehead atoms. The van der Waals surface area contributed by atoms with E-state index in [0.29, 0.717) is 22.8 Å². The maximum absolute atomic E-state index is 11.7. The number of nitrogens with two attached hydrogens (primary N) is 1. The summed E-state index contributed by atoms with van der Waals surface area (Å²) in [6, 6.07) is 0. The first-order valence-corrected chi connectivity index (χ1v) is 6.23. The summed E-state index contributed by atoms with van der Waals surface area (Å²) in [6.45, 7) is 4.32. The second-order valence-corrected chi connectivity index (χ2v) is 5.20. The maximum atomic E-state index is 11.7. The minimum absolute atomic E-state index is 0.0639. The molecule has 0 spiro atoms. The first-order valence-electron chi connectivity index (χ1n) is 5.01. The van der Waals surface area contributed by atoms with Crippen LogP contribution in [0, 0.1) is 13.8 Å². The number of hydrogen-bond acceptors (Lipinski definition) is 4. The number of nitrogens with zero attached hydrogens (tertiary/aromatic N) is 1. The number of thiazole rings is 1. The molecule has 1 rings (SSSR count). The van der Waals surface area contributed by atoms with Crippen molar-refractivity contribution < 1.29 is 4.79 Å². The highest BCUT2D eigenvalue weighted by Gasteiger charge is 2.12. The molecule has 0 saturated carbocycles. The van der Waals surface area contributed by atoms with E-state index in [4.69, 9.17) is 18.0 Å². The number of rotatable bonds is 5. The molecule has 0 saturated heterocycles. The second-order valence-electron chi connectivity index (χ2n) is 3.47. The van der Waals surface area contributed by atoms with E-state index < -0.39 is 0 Å². The van der Waals surface area contributed by atoms with Crippen LogP contribution in [0.5, 0.6) is 0 Å². The van der Waals surface area contributed by atoms with Crippen molar-refractivity contribution in [1.29, 1.82) is 0 Å². The number of aryl methyl sites for hydroxylation is 2. The highest BCUT2D eigenvalue weighted by atomic mass is 32.1. The molecule has 0 unspecified atom stereocenters. The molecule has 1 aromatic rings. The Bertz CT molecular complexity index is 401. The highest BCUT2D eigenvalue weighted by Crippen LogP contribution is 2.16. The summed E-state index contributed by atoms with van der Waals surface area (Å²) in [7, 11) is 0. The minimum Gasteiger partial charge on any atom is -0.393 e. The first kappa shape index (κ1) is 13.1. The normalized spacial score (nSPS) is 10.1. The largest absolute Gasteiger partial charge is 0.393 e. The summed E-state index contributed by atoms with van der Waals surface area (Å²) in [5, 5.41) is 3.73. The molecular formula is C10H15N3OS2. The first-order chi connectivity index (χ1) is 7.50. The van der Waals surface area contributed by atoms with Gasteiger partial charge >= 0.3 is 0 Å². The summed E-state index contributed by atoms with van der Waals surface area (Å²) in [4.78, 5) is 17.1. The van der Waals surface area contributed by atoms with Crippen molar-refractivity contribution >= 4 is 34.5 Å². The predicted octanol–water partition coefficient (Wildman–Crippen LogP) is 1.56. The third-order valence-corrected chi connectivity index (χ3v) is 3.27. The zero-order chi connectivity index (χ0) is 12.1. The van der Waals surface area contributed by atoms with Crippen molar-refractivity contribution in [2.45, 2.75) is 26.7 Å².